The van der Waals surface area contributed by atoms with Crippen LogP contribution in [-0.2, 0) is 4.79 Å². The minimum atomic E-state index is -4.73. The molecule has 0 aliphatic carbocycles. The third kappa shape index (κ3) is 5.04. The average Bonchev–Trinajstić information content (AvgIpc) is 2.48. The van der Waals surface area contributed by atoms with Crippen LogP contribution >= 0.6 is 0 Å². The van der Waals surface area contributed by atoms with Gasteiger partial charge >= 0.3 is 6.36 Å². The van der Waals surface area contributed by atoms with E-state index >= 15 is 0 Å². The van der Waals surface area contributed by atoms with Crippen molar-refractivity contribution in [3.63, 3.8) is 0 Å². The Kier molecular flexibility index (Phi) is 5.38. The zero-order chi connectivity index (χ0) is 17.0. The molecule has 2 rings (SSSR count). The number of alkyl halides is 3. The normalized spacial score (nSPS) is 15.7. The van der Waals surface area contributed by atoms with E-state index in [9.17, 15) is 18.0 Å². The van der Waals surface area contributed by atoms with Crippen LogP contribution in [0.5, 0.6) is 5.75 Å². The van der Waals surface area contributed by atoms with Gasteiger partial charge in [-0.05, 0) is 31.4 Å². The van der Waals surface area contributed by atoms with Gasteiger partial charge in [-0.3, -0.25) is 4.79 Å². The zero-order valence-electron chi connectivity index (χ0n) is 13.2. The van der Waals surface area contributed by atoms with Crippen molar-refractivity contribution in [1.29, 1.82) is 0 Å². The molecule has 1 heterocycles. The Bertz CT molecular complexity index is 553. The number of halogens is 3. The molecule has 0 radical (unpaired) electrons. The first-order valence-electron chi connectivity index (χ1n) is 7.72. The molecule has 0 saturated carbocycles. The first kappa shape index (κ1) is 17.4. The monoisotopic (exact) mass is 330 g/mol. The Morgan fingerprint density at radius 1 is 1.22 bits per heavy atom. The molecule has 0 aromatic heterocycles. The van der Waals surface area contributed by atoms with Crippen LogP contribution in [0.4, 0.5) is 24.5 Å². The summed E-state index contributed by atoms with van der Waals surface area (Å²) in [5.74, 6) is -0.663. The van der Waals surface area contributed by atoms with Crippen LogP contribution in [0.2, 0.25) is 0 Å². The van der Waals surface area contributed by atoms with E-state index in [1.165, 1.54) is 18.2 Å². The molecule has 1 N–H and O–H groups in total. The lowest BCUT2D eigenvalue weighted by molar-refractivity contribution is -0.274. The van der Waals surface area contributed by atoms with Gasteiger partial charge < -0.3 is 15.0 Å². The van der Waals surface area contributed by atoms with Crippen LogP contribution in [0.3, 0.4) is 0 Å². The Hall–Kier alpha value is -1.92. The molecule has 4 nitrogen and oxygen atoms in total. The Labute approximate surface area is 133 Å². The quantitative estimate of drug-likeness (QED) is 0.901. The summed E-state index contributed by atoms with van der Waals surface area (Å²) in [5, 5.41) is 2.78. The van der Waals surface area contributed by atoms with Crippen LogP contribution in [-0.4, -0.2) is 25.4 Å². The van der Waals surface area contributed by atoms with E-state index in [1.807, 2.05) is 4.90 Å². The molecule has 0 unspecified atom stereocenters. The van der Waals surface area contributed by atoms with Gasteiger partial charge in [0.2, 0.25) is 5.91 Å². The number of piperidine rings is 1. The maximum atomic E-state index is 12.4. The van der Waals surface area contributed by atoms with Gasteiger partial charge in [0, 0.05) is 25.1 Å². The number of carbonyl (C=O) groups is 1. The van der Waals surface area contributed by atoms with Crippen molar-refractivity contribution in [3.05, 3.63) is 18.2 Å². The van der Waals surface area contributed by atoms with Crippen molar-refractivity contribution in [1.82, 2.24) is 0 Å². The summed E-state index contributed by atoms with van der Waals surface area (Å²) >= 11 is 0. The van der Waals surface area contributed by atoms with Gasteiger partial charge in [0.15, 0.2) is 0 Å². The highest BCUT2D eigenvalue weighted by Gasteiger charge is 2.31. The molecule has 128 valence electrons. The smallest absolute Gasteiger partial charge is 0.406 e. The lowest BCUT2D eigenvalue weighted by Gasteiger charge is -2.31. The van der Waals surface area contributed by atoms with Gasteiger partial charge in [-0.1, -0.05) is 13.8 Å². The van der Waals surface area contributed by atoms with Crippen molar-refractivity contribution in [3.8, 4) is 5.75 Å². The van der Waals surface area contributed by atoms with Crippen molar-refractivity contribution in [2.24, 2.45) is 5.92 Å². The van der Waals surface area contributed by atoms with Gasteiger partial charge in [-0.2, -0.15) is 0 Å². The van der Waals surface area contributed by atoms with Crippen molar-refractivity contribution in [2.75, 3.05) is 23.3 Å². The number of anilines is 2. The third-order valence-electron chi connectivity index (χ3n) is 3.68. The summed E-state index contributed by atoms with van der Waals surface area (Å²) in [6.45, 7) is 5.02. The molecule has 1 aliphatic rings. The maximum absolute atomic E-state index is 12.4. The summed E-state index contributed by atoms with van der Waals surface area (Å²) < 4.78 is 41.3. The fraction of sp³-hybridized carbons (Fsp3) is 0.562. The number of nitrogens with zero attached hydrogens (tertiary/aromatic N) is 1. The van der Waals surface area contributed by atoms with E-state index in [4.69, 9.17) is 0 Å². The van der Waals surface area contributed by atoms with Crippen LogP contribution < -0.4 is 15.0 Å². The SMILES string of the molecule is CC(C)C(=O)Nc1ccc(OC(F)(F)F)cc1N1CCCCC1. The van der Waals surface area contributed by atoms with Crippen LogP contribution in [0, 0.1) is 5.92 Å². The van der Waals surface area contributed by atoms with Crippen LogP contribution in [0.1, 0.15) is 33.1 Å². The highest BCUT2D eigenvalue weighted by atomic mass is 19.4. The molecule has 23 heavy (non-hydrogen) atoms. The number of hydrogen-bond donors (Lipinski definition) is 1. The second-order valence-corrected chi connectivity index (χ2v) is 5.92. The standard InChI is InChI=1S/C16H21F3N2O2/c1-11(2)15(22)20-13-7-6-12(23-16(17,18)19)10-14(13)21-8-4-3-5-9-21/h6-7,10-11H,3-5,8-9H2,1-2H3,(H,20,22). The molecule has 1 fully saturated rings. The molecule has 1 aliphatic heterocycles. The Balaban J connectivity index is 2.30. The molecule has 1 amide bonds. The first-order valence-corrected chi connectivity index (χ1v) is 7.72. The van der Waals surface area contributed by atoms with Gasteiger partial charge in [0.05, 0.1) is 11.4 Å². The molecule has 7 heteroatoms. The molecule has 1 saturated heterocycles. The third-order valence-corrected chi connectivity index (χ3v) is 3.68. The van der Waals surface area contributed by atoms with Crippen molar-refractivity contribution >= 4 is 17.3 Å². The molecule has 1 aromatic rings. The minimum absolute atomic E-state index is 0.173. The lowest BCUT2D eigenvalue weighted by atomic mass is 10.1. The largest absolute Gasteiger partial charge is 0.573 e. The number of carbonyl (C=O) groups excluding carboxylic acids is 1. The fourth-order valence-electron chi connectivity index (χ4n) is 2.49. The number of benzene rings is 1. The maximum Gasteiger partial charge on any atom is 0.573 e. The summed E-state index contributed by atoms with van der Waals surface area (Å²) in [4.78, 5) is 13.9. The summed E-state index contributed by atoms with van der Waals surface area (Å²) in [6, 6.07) is 4.02. The Morgan fingerprint density at radius 3 is 2.43 bits per heavy atom. The molecule has 0 bridgehead atoms. The molecular formula is C16H21F3N2O2. The fourth-order valence-corrected chi connectivity index (χ4v) is 2.49. The number of amides is 1. The van der Waals surface area contributed by atoms with E-state index in [-0.39, 0.29) is 17.6 Å². The molecule has 0 spiro atoms. The van der Waals surface area contributed by atoms with Crippen LogP contribution in [0.25, 0.3) is 0 Å². The highest BCUT2D eigenvalue weighted by molar-refractivity contribution is 5.95. The summed E-state index contributed by atoms with van der Waals surface area (Å²) in [6.07, 6.45) is -1.69. The van der Waals surface area contributed by atoms with Gasteiger partial charge in [0.1, 0.15) is 5.75 Å². The van der Waals surface area contributed by atoms with E-state index in [2.05, 4.69) is 10.1 Å². The molecule has 1 aromatic carbocycles. The van der Waals surface area contributed by atoms with Gasteiger partial charge in [-0.25, -0.2) is 0 Å². The molecular weight excluding hydrogens is 309 g/mol. The van der Waals surface area contributed by atoms with Crippen LogP contribution in [0.15, 0.2) is 18.2 Å². The first-order chi connectivity index (χ1) is 10.8. The number of nitrogens with one attached hydrogen (secondary N) is 1. The van der Waals surface area contributed by atoms with E-state index in [0.29, 0.717) is 11.4 Å². The Morgan fingerprint density at radius 2 is 1.87 bits per heavy atom. The predicted molar refractivity (Wildman–Crippen MR) is 82.7 cm³/mol. The lowest BCUT2D eigenvalue weighted by Crippen LogP contribution is -2.31. The van der Waals surface area contributed by atoms with E-state index in [1.54, 1.807) is 13.8 Å². The zero-order valence-corrected chi connectivity index (χ0v) is 13.2. The van der Waals surface area contributed by atoms with E-state index in [0.717, 1.165) is 32.4 Å². The second-order valence-electron chi connectivity index (χ2n) is 5.92. The highest BCUT2D eigenvalue weighted by Crippen LogP contribution is 2.34. The number of rotatable bonds is 4. The predicted octanol–water partition coefficient (Wildman–Crippen LogP) is 4.17. The summed E-state index contributed by atoms with van der Waals surface area (Å²) in [7, 11) is 0. The van der Waals surface area contributed by atoms with Crippen molar-refractivity contribution < 1.29 is 22.7 Å². The molecule has 0 atom stereocenters. The average molecular weight is 330 g/mol. The number of hydrogen-bond acceptors (Lipinski definition) is 3. The second kappa shape index (κ2) is 7.10. The minimum Gasteiger partial charge on any atom is -0.406 e. The van der Waals surface area contributed by atoms with Gasteiger partial charge in [-0.15, -0.1) is 13.2 Å². The van der Waals surface area contributed by atoms with Gasteiger partial charge in [0.25, 0.3) is 0 Å². The number of ether oxygens (including phenoxy) is 1. The summed E-state index contributed by atoms with van der Waals surface area (Å²) in [5.41, 5.74) is 1.08. The van der Waals surface area contributed by atoms with Crippen molar-refractivity contribution in [2.45, 2.75) is 39.5 Å². The topological polar surface area (TPSA) is 41.6 Å². The van der Waals surface area contributed by atoms with E-state index < -0.39 is 6.36 Å².